The van der Waals surface area contributed by atoms with Gasteiger partial charge in [-0.2, -0.15) is 18.3 Å². The van der Waals surface area contributed by atoms with E-state index in [9.17, 15) is 26.0 Å². The molecule has 158 valence electrons. The zero-order chi connectivity index (χ0) is 22.1. The van der Waals surface area contributed by atoms with Crippen LogP contribution in [0.25, 0.3) is 22.4 Å². The summed E-state index contributed by atoms with van der Waals surface area (Å²) in [6, 6.07) is 10.1. The van der Waals surface area contributed by atoms with Crippen LogP contribution in [0.5, 0.6) is 0 Å². The van der Waals surface area contributed by atoms with Gasteiger partial charge in [-0.15, -0.1) is 6.58 Å². The number of hydrogen-bond donors (Lipinski definition) is 0. The van der Waals surface area contributed by atoms with E-state index in [-0.39, 0.29) is 34.0 Å². The number of allylic oxidation sites excluding steroid dienone is 1. The maximum absolute atomic E-state index is 13.9. The lowest BCUT2D eigenvalue weighted by molar-refractivity contribution is -0.143. The van der Waals surface area contributed by atoms with Crippen LogP contribution in [0.3, 0.4) is 0 Å². The molecule has 0 amide bonds. The van der Waals surface area contributed by atoms with Crippen molar-refractivity contribution in [2.75, 3.05) is 5.75 Å². The predicted octanol–water partition coefficient (Wildman–Crippen LogP) is 5.35. The Morgan fingerprint density at radius 2 is 1.60 bits per heavy atom. The van der Waals surface area contributed by atoms with Crippen molar-refractivity contribution in [1.82, 2.24) is 9.78 Å². The number of alkyl halides is 3. The Kier molecular flexibility index (Phi) is 5.85. The van der Waals surface area contributed by atoms with E-state index in [1.165, 1.54) is 49.4 Å². The van der Waals surface area contributed by atoms with Crippen molar-refractivity contribution in [3.63, 3.8) is 0 Å². The quantitative estimate of drug-likeness (QED) is 0.385. The molecule has 0 aliphatic heterocycles. The summed E-state index contributed by atoms with van der Waals surface area (Å²) in [4.78, 5) is 0.0682. The number of nitrogens with zero attached hydrogens (tertiary/aromatic N) is 2. The first kappa shape index (κ1) is 21.8. The maximum Gasteiger partial charge on any atom is 0.433 e. The normalized spacial score (nSPS) is 12.2. The van der Waals surface area contributed by atoms with Crippen molar-refractivity contribution < 1.29 is 26.0 Å². The van der Waals surface area contributed by atoms with Crippen LogP contribution in [0.1, 0.15) is 12.6 Å². The van der Waals surface area contributed by atoms with E-state index in [4.69, 9.17) is 0 Å². The van der Waals surface area contributed by atoms with Gasteiger partial charge in [0, 0.05) is 11.1 Å². The van der Waals surface area contributed by atoms with Gasteiger partial charge >= 0.3 is 6.18 Å². The lowest BCUT2D eigenvalue weighted by Gasteiger charge is -2.12. The zero-order valence-corrected chi connectivity index (χ0v) is 16.8. The van der Waals surface area contributed by atoms with Crippen LogP contribution in [0, 0.1) is 5.82 Å². The molecule has 4 nitrogen and oxygen atoms in total. The van der Waals surface area contributed by atoms with Gasteiger partial charge in [0.05, 0.1) is 17.2 Å². The molecule has 30 heavy (non-hydrogen) atoms. The molecule has 0 saturated carbocycles. The first-order chi connectivity index (χ1) is 14.1. The second kappa shape index (κ2) is 8.06. The Morgan fingerprint density at radius 1 is 1.03 bits per heavy atom. The second-order valence-corrected chi connectivity index (χ2v) is 8.75. The monoisotopic (exact) mass is 438 g/mol. The minimum Gasteiger partial charge on any atom is -0.255 e. The predicted molar refractivity (Wildman–Crippen MR) is 106 cm³/mol. The number of sulfone groups is 1. The van der Waals surface area contributed by atoms with Crippen molar-refractivity contribution in [3.05, 3.63) is 72.7 Å². The highest BCUT2D eigenvalue weighted by atomic mass is 32.2. The summed E-state index contributed by atoms with van der Waals surface area (Å²) in [7, 11) is -3.46. The maximum atomic E-state index is 13.9. The Labute approximate surface area is 171 Å². The number of aromatic nitrogens is 2. The first-order valence-corrected chi connectivity index (χ1v) is 10.6. The Morgan fingerprint density at radius 3 is 2.10 bits per heavy atom. The van der Waals surface area contributed by atoms with Crippen LogP contribution in [-0.2, 0) is 22.6 Å². The number of halogens is 4. The summed E-state index contributed by atoms with van der Waals surface area (Å²) in [5.41, 5.74) is -0.752. The number of rotatable bonds is 6. The molecule has 0 spiro atoms. The summed E-state index contributed by atoms with van der Waals surface area (Å²) in [6.07, 6.45) is -3.44. The van der Waals surface area contributed by atoms with Gasteiger partial charge in [-0.3, -0.25) is 4.68 Å². The van der Waals surface area contributed by atoms with Gasteiger partial charge in [-0.1, -0.05) is 37.3 Å². The highest BCUT2D eigenvalue weighted by molar-refractivity contribution is 7.91. The summed E-state index contributed by atoms with van der Waals surface area (Å²) in [5.74, 6) is -0.680. The van der Waals surface area contributed by atoms with Crippen LogP contribution < -0.4 is 0 Å². The Balaban J connectivity index is 2.28. The minimum absolute atomic E-state index is 0.0104. The molecule has 2 aromatic carbocycles. The highest BCUT2D eigenvalue weighted by Gasteiger charge is 2.40. The van der Waals surface area contributed by atoms with E-state index >= 15 is 0 Å². The average Bonchev–Trinajstić information content (AvgIpc) is 3.08. The molecular weight excluding hydrogens is 420 g/mol. The molecule has 0 atom stereocenters. The van der Waals surface area contributed by atoms with Crippen molar-refractivity contribution in [3.8, 4) is 22.4 Å². The molecule has 0 aliphatic rings. The molecule has 0 saturated heterocycles. The summed E-state index contributed by atoms with van der Waals surface area (Å²) in [5, 5.41) is 4.13. The smallest absolute Gasteiger partial charge is 0.255 e. The van der Waals surface area contributed by atoms with Crippen LogP contribution in [0.2, 0.25) is 0 Å². The fraction of sp³-hybridized carbons (Fsp3) is 0.190. The minimum atomic E-state index is -4.73. The van der Waals surface area contributed by atoms with Gasteiger partial charge in [-0.25, -0.2) is 12.8 Å². The number of benzene rings is 2. The third-order valence-electron chi connectivity index (χ3n) is 4.52. The van der Waals surface area contributed by atoms with Crippen LogP contribution >= 0.6 is 0 Å². The van der Waals surface area contributed by atoms with E-state index in [1.807, 2.05) is 0 Å². The lowest BCUT2D eigenvalue weighted by atomic mass is 9.98. The fourth-order valence-electron chi connectivity index (χ4n) is 3.08. The molecule has 3 rings (SSSR count). The molecule has 0 N–H and O–H groups in total. The van der Waals surface area contributed by atoms with E-state index < -0.39 is 27.5 Å². The third kappa shape index (κ3) is 4.16. The topological polar surface area (TPSA) is 52.0 Å². The number of hydrogen-bond acceptors (Lipinski definition) is 3. The third-order valence-corrected chi connectivity index (χ3v) is 6.27. The molecule has 0 bridgehead atoms. The highest BCUT2D eigenvalue weighted by Crippen LogP contribution is 2.42. The molecule has 0 aliphatic carbocycles. The van der Waals surface area contributed by atoms with E-state index in [0.717, 1.165) is 16.8 Å². The van der Waals surface area contributed by atoms with Crippen molar-refractivity contribution in [2.24, 2.45) is 0 Å². The zero-order valence-electron chi connectivity index (χ0n) is 15.9. The van der Waals surface area contributed by atoms with Gasteiger partial charge in [0.15, 0.2) is 15.5 Å². The van der Waals surface area contributed by atoms with Gasteiger partial charge in [0.25, 0.3) is 0 Å². The first-order valence-electron chi connectivity index (χ1n) is 8.96. The SMILES string of the molecule is C=CCn1nc(-c2ccc(S(=O)(=O)CC)cc2)c(-c2ccc(F)cc2)c1C(F)(F)F. The van der Waals surface area contributed by atoms with Gasteiger partial charge < -0.3 is 0 Å². The largest absolute Gasteiger partial charge is 0.433 e. The van der Waals surface area contributed by atoms with Gasteiger partial charge in [0.1, 0.15) is 11.5 Å². The average molecular weight is 438 g/mol. The molecule has 1 aromatic heterocycles. The van der Waals surface area contributed by atoms with Crippen molar-refractivity contribution in [2.45, 2.75) is 24.5 Å². The lowest BCUT2D eigenvalue weighted by Crippen LogP contribution is -2.15. The Bertz CT molecular complexity index is 1160. The van der Waals surface area contributed by atoms with Gasteiger partial charge in [-0.05, 0) is 29.8 Å². The standard InChI is InChI=1S/C21H18F4N2O2S/c1-3-13-27-20(21(23,24)25)18(14-5-9-16(22)10-6-14)19(26-27)15-7-11-17(12-8-15)30(28,29)4-2/h3,5-12H,1,4,13H2,2H3. The van der Waals surface area contributed by atoms with Crippen molar-refractivity contribution in [1.29, 1.82) is 0 Å². The summed E-state index contributed by atoms with van der Waals surface area (Å²) < 4.78 is 80.0. The molecule has 3 aromatic rings. The van der Waals surface area contributed by atoms with Crippen LogP contribution in [0.15, 0.2) is 66.1 Å². The Hall–Kier alpha value is -2.94. The van der Waals surface area contributed by atoms with Crippen LogP contribution in [0.4, 0.5) is 17.6 Å². The summed E-state index contributed by atoms with van der Waals surface area (Å²) in [6.45, 7) is 4.79. The molecule has 0 radical (unpaired) electrons. The molecule has 0 fully saturated rings. The fourth-order valence-corrected chi connectivity index (χ4v) is 3.97. The summed E-state index contributed by atoms with van der Waals surface area (Å²) >= 11 is 0. The molecule has 0 unspecified atom stereocenters. The van der Waals surface area contributed by atoms with E-state index in [1.54, 1.807) is 0 Å². The molecular formula is C21H18F4N2O2S. The molecule has 1 heterocycles. The second-order valence-electron chi connectivity index (χ2n) is 6.48. The van der Waals surface area contributed by atoms with E-state index in [2.05, 4.69) is 11.7 Å². The van der Waals surface area contributed by atoms with Crippen LogP contribution in [-0.4, -0.2) is 24.0 Å². The van der Waals surface area contributed by atoms with E-state index in [0.29, 0.717) is 5.56 Å². The van der Waals surface area contributed by atoms with Gasteiger partial charge in [0.2, 0.25) is 0 Å². The van der Waals surface area contributed by atoms with Crippen molar-refractivity contribution >= 4 is 9.84 Å². The molecule has 9 heteroatoms.